The number of hydrogen-bond donors (Lipinski definition) is 2. The van der Waals surface area contributed by atoms with Crippen LogP contribution in [0.15, 0.2) is 0 Å². The van der Waals surface area contributed by atoms with Crippen LogP contribution in [0.4, 0.5) is 0 Å². The molecule has 150 valence electrons. The third-order valence-corrected chi connectivity index (χ3v) is 2.76. The first kappa shape index (κ1) is 28.6. The Kier molecular flexibility index (Phi) is 36.6. The van der Waals surface area contributed by atoms with E-state index in [-0.39, 0.29) is 13.2 Å². The highest BCUT2D eigenvalue weighted by Crippen LogP contribution is 2.03. The second-order valence-corrected chi connectivity index (χ2v) is 6.53. The summed E-state index contributed by atoms with van der Waals surface area (Å²) in [4.78, 5) is 0. The van der Waals surface area contributed by atoms with Crippen LogP contribution in [0.1, 0.15) is 86.0 Å². The molecule has 0 saturated heterocycles. The Morgan fingerprint density at radius 3 is 1.17 bits per heavy atom. The van der Waals surface area contributed by atoms with Crippen LogP contribution in [0, 0.1) is 5.92 Å². The smallest absolute Gasteiger partial charge is 0.0697 e. The molecule has 0 aromatic carbocycles. The molecule has 0 aromatic heterocycles. The standard InChI is InChI=1S/C8H18O4.C8H18.C4H10/c9-3-7-11-5-1-2-6-12-8-4-10;1-3-5-7-8-6-4-2;1-4(2)3/h9-10H,1-8H2;3-8H2,1-2H3;4H,1-3H3. The van der Waals surface area contributed by atoms with E-state index in [1.54, 1.807) is 0 Å². The minimum atomic E-state index is 0.0843. The topological polar surface area (TPSA) is 58.9 Å². The zero-order chi connectivity index (χ0) is 18.9. The summed E-state index contributed by atoms with van der Waals surface area (Å²) in [6.45, 7) is 13.3. The summed E-state index contributed by atoms with van der Waals surface area (Å²) in [5, 5.41) is 16.7. The number of aliphatic hydroxyl groups is 2. The first-order valence-electron chi connectivity index (χ1n) is 9.93. The summed E-state index contributed by atoms with van der Waals surface area (Å²) in [7, 11) is 0. The third kappa shape index (κ3) is 49.5. The fourth-order valence-electron chi connectivity index (χ4n) is 1.60. The summed E-state index contributed by atoms with van der Waals surface area (Å²) < 4.78 is 10.1. The van der Waals surface area contributed by atoms with E-state index in [9.17, 15) is 0 Å². The molecular formula is C20H46O4. The summed E-state index contributed by atoms with van der Waals surface area (Å²) in [5.74, 6) is 0.833. The van der Waals surface area contributed by atoms with Crippen molar-refractivity contribution in [2.75, 3.05) is 39.6 Å². The first-order valence-corrected chi connectivity index (χ1v) is 9.93. The summed E-state index contributed by atoms with van der Waals surface area (Å²) in [6.07, 6.45) is 10.4. The normalized spacial score (nSPS) is 10.0. The van der Waals surface area contributed by atoms with Crippen molar-refractivity contribution in [2.45, 2.75) is 86.0 Å². The number of aliphatic hydroxyl groups excluding tert-OH is 2. The lowest BCUT2D eigenvalue weighted by atomic mass is 10.1. The maximum absolute atomic E-state index is 8.36. The van der Waals surface area contributed by atoms with Crippen molar-refractivity contribution < 1.29 is 19.7 Å². The summed E-state index contributed by atoms with van der Waals surface area (Å²) >= 11 is 0. The summed E-state index contributed by atoms with van der Waals surface area (Å²) in [5.41, 5.74) is 0. The van der Waals surface area contributed by atoms with Gasteiger partial charge < -0.3 is 19.7 Å². The molecule has 0 amide bonds. The van der Waals surface area contributed by atoms with E-state index >= 15 is 0 Å². The van der Waals surface area contributed by atoms with Gasteiger partial charge in [-0.1, -0.05) is 73.1 Å². The predicted octanol–water partition coefficient (Wildman–Crippen LogP) is 4.81. The molecule has 2 N–H and O–H groups in total. The largest absolute Gasteiger partial charge is 0.394 e. The predicted molar refractivity (Wildman–Crippen MR) is 105 cm³/mol. The molecule has 0 aliphatic heterocycles. The summed E-state index contributed by atoms with van der Waals surface area (Å²) in [6, 6.07) is 0. The minimum absolute atomic E-state index is 0.0843. The molecule has 24 heavy (non-hydrogen) atoms. The molecule has 4 nitrogen and oxygen atoms in total. The molecule has 0 bridgehead atoms. The molecule has 0 rings (SSSR count). The van der Waals surface area contributed by atoms with Crippen molar-refractivity contribution in [3.8, 4) is 0 Å². The third-order valence-electron chi connectivity index (χ3n) is 2.76. The van der Waals surface area contributed by atoms with Crippen molar-refractivity contribution in [2.24, 2.45) is 5.92 Å². The van der Waals surface area contributed by atoms with Gasteiger partial charge in [0.05, 0.1) is 26.4 Å². The number of ether oxygens (including phenoxy) is 2. The molecule has 0 fully saturated rings. The SMILES string of the molecule is CC(C)C.CCCCCCCC.OCCOCCCCOCCO. The van der Waals surface area contributed by atoms with E-state index in [0.29, 0.717) is 26.4 Å². The van der Waals surface area contributed by atoms with E-state index in [0.717, 1.165) is 18.8 Å². The number of unbranched alkanes of at least 4 members (excludes halogenated alkanes) is 6. The van der Waals surface area contributed by atoms with E-state index in [1.807, 2.05) is 0 Å². The molecule has 0 radical (unpaired) electrons. The van der Waals surface area contributed by atoms with Crippen LogP contribution in [-0.4, -0.2) is 49.9 Å². The molecule has 0 aliphatic rings. The zero-order valence-corrected chi connectivity index (χ0v) is 17.2. The van der Waals surface area contributed by atoms with Crippen LogP contribution >= 0.6 is 0 Å². The Bertz CT molecular complexity index is 156. The van der Waals surface area contributed by atoms with Gasteiger partial charge in [0.25, 0.3) is 0 Å². The van der Waals surface area contributed by atoms with Crippen LogP contribution in [0.2, 0.25) is 0 Å². The number of rotatable bonds is 14. The Labute approximate surface area is 152 Å². The zero-order valence-electron chi connectivity index (χ0n) is 17.2. The van der Waals surface area contributed by atoms with Gasteiger partial charge in [-0.2, -0.15) is 0 Å². The van der Waals surface area contributed by atoms with Crippen molar-refractivity contribution in [1.82, 2.24) is 0 Å². The maximum atomic E-state index is 8.36. The average Bonchev–Trinajstić information content (AvgIpc) is 2.54. The lowest BCUT2D eigenvalue weighted by Gasteiger charge is -2.02. The molecule has 0 aromatic rings. The molecule has 0 heterocycles. The molecule has 0 saturated carbocycles. The van der Waals surface area contributed by atoms with Crippen molar-refractivity contribution in [3.63, 3.8) is 0 Å². The highest BCUT2D eigenvalue weighted by molar-refractivity contribution is 4.39. The molecule has 0 unspecified atom stereocenters. The van der Waals surface area contributed by atoms with E-state index in [1.165, 1.54) is 38.5 Å². The highest BCUT2D eigenvalue weighted by Gasteiger charge is 1.89. The monoisotopic (exact) mass is 350 g/mol. The molecule has 0 spiro atoms. The van der Waals surface area contributed by atoms with E-state index < -0.39 is 0 Å². The first-order chi connectivity index (χ1) is 11.6. The molecule has 0 atom stereocenters. The Hall–Kier alpha value is -0.160. The molecular weight excluding hydrogens is 304 g/mol. The minimum Gasteiger partial charge on any atom is -0.394 e. The lowest BCUT2D eigenvalue weighted by molar-refractivity contribution is 0.0693. The van der Waals surface area contributed by atoms with Gasteiger partial charge in [0, 0.05) is 13.2 Å². The highest BCUT2D eigenvalue weighted by atomic mass is 16.5. The van der Waals surface area contributed by atoms with Crippen LogP contribution < -0.4 is 0 Å². The Morgan fingerprint density at radius 1 is 0.583 bits per heavy atom. The van der Waals surface area contributed by atoms with Gasteiger partial charge >= 0.3 is 0 Å². The van der Waals surface area contributed by atoms with Gasteiger partial charge in [0.1, 0.15) is 0 Å². The molecule has 4 heteroatoms. The fourth-order valence-corrected chi connectivity index (χ4v) is 1.60. The number of hydrogen-bond acceptors (Lipinski definition) is 4. The van der Waals surface area contributed by atoms with Crippen LogP contribution in [0.3, 0.4) is 0 Å². The second-order valence-electron chi connectivity index (χ2n) is 6.53. The Morgan fingerprint density at radius 2 is 0.917 bits per heavy atom. The van der Waals surface area contributed by atoms with E-state index in [2.05, 4.69) is 34.6 Å². The quantitative estimate of drug-likeness (QED) is 0.441. The van der Waals surface area contributed by atoms with Gasteiger partial charge in [-0.25, -0.2) is 0 Å². The van der Waals surface area contributed by atoms with Gasteiger partial charge in [-0.15, -0.1) is 0 Å². The van der Waals surface area contributed by atoms with Crippen LogP contribution in [0.5, 0.6) is 0 Å². The Balaban J connectivity index is -0.000000316. The fraction of sp³-hybridized carbons (Fsp3) is 1.00. The van der Waals surface area contributed by atoms with Crippen molar-refractivity contribution >= 4 is 0 Å². The molecule has 0 aliphatic carbocycles. The van der Waals surface area contributed by atoms with Gasteiger partial charge in [-0.3, -0.25) is 0 Å². The average molecular weight is 351 g/mol. The maximum Gasteiger partial charge on any atom is 0.0697 e. The van der Waals surface area contributed by atoms with E-state index in [4.69, 9.17) is 19.7 Å². The van der Waals surface area contributed by atoms with Crippen LogP contribution in [0.25, 0.3) is 0 Å². The second kappa shape index (κ2) is 30.7. The van der Waals surface area contributed by atoms with Gasteiger partial charge in [-0.05, 0) is 18.8 Å². The van der Waals surface area contributed by atoms with Crippen molar-refractivity contribution in [1.29, 1.82) is 0 Å². The van der Waals surface area contributed by atoms with Crippen molar-refractivity contribution in [3.05, 3.63) is 0 Å². The van der Waals surface area contributed by atoms with Gasteiger partial charge in [0.2, 0.25) is 0 Å². The lowest BCUT2D eigenvalue weighted by Crippen LogP contribution is -2.04. The van der Waals surface area contributed by atoms with Gasteiger partial charge in [0.15, 0.2) is 0 Å². The van der Waals surface area contributed by atoms with Crippen LogP contribution in [-0.2, 0) is 9.47 Å².